The van der Waals surface area contributed by atoms with Crippen molar-refractivity contribution in [3.63, 3.8) is 0 Å². The van der Waals surface area contributed by atoms with Crippen molar-refractivity contribution in [3.8, 4) is 0 Å². The van der Waals surface area contributed by atoms with Crippen molar-refractivity contribution in [1.82, 2.24) is 0 Å². The second-order valence-electron chi connectivity index (χ2n) is 6.28. The van der Waals surface area contributed by atoms with Crippen molar-refractivity contribution in [3.05, 3.63) is 93.5 Å². The summed E-state index contributed by atoms with van der Waals surface area (Å²) in [6, 6.07) is 20.8. The van der Waals surface area contributed by atoms with Crippen LogP contribution < -0.4 is 10.2 Å². The number of nitrogens with one attached hydrogen (secondary N) is 1. The van der Waals surface area contributed by atoms with Crippen molar-refractivity contribution in [2.45, 2.75) is 13.1 Å². The van der Waals surface area contributed by atoms with Gasteiger partial charge < -0.3 is 5.32 Å². The zero-order valence-corrected chi connectivity index (χ0v) is 15.6. The third kappa shape index (κ3) is 2.94. The van der Waals surface area contributed by atoms with Gasteiger partial charge in [0.2, 0.25) is 0 Å². The Kier molecular flexibility index (Phi) is 4.35. The summed E-state index contributed by atoms with van der Waals surface area (Å²) in [6.45, 7) is 2.02. The Bertz CT molecular complexity index is 986. The fourth-order valence-electron chi connectivity index (χ4n) is 3.14. The van der Waals surface area contributed by atoms with E-state index in [0.29, 0.717) is 15.6 Å². The van der Waals surface area contributed by atoms with Crippen LogP contribution in [-0.2, 0) is 0 Å². The van der Waals surface area contributed by atoms with E-state index in [1.165, 1.54) is 0 Å². The highest BCUT2D eigenvalue weighted by Crippen LogP contribution is 2.38. The number of hydrogen-bond donors (Lipinski definition) is 1. The molecule has 0 bridgehead atoms. The van der Waals surface area contributed by atoms with E-state index in [4.69, 9.17) is 23.2 Å². The Morgan fingerprint density at radius 1 is 0.923 bits per heavy atom. The number of hydrogen-bond acceptors (Lipinski definition) is 2. The van der Waals surface area contributed by atoms with E-state index >= 15 is 0 Å². The molecule has 1 N–H and O–H groups in total. The molecule has 1 amide bonds. The van der Waals surface area contributed by atoms with E-state index in [2.05, 4.69) is 5.32 Å². The molecule has 1 atom stereocenters. The van der Waals surface area contributed by atoms with E-state index in [1.807, 2.05) is 61.5 Å². The minimum absolute atomic E-state index is 0.0562. The monoisotopic (exact) mass is 382 g/mol. The second-order valence-corrected chi connectivity index (χ2v) is 7.09. The van der Waals surface area contributed by atoms with Crippen molar-refractivity contribution >= 4 is 40.5 Å². The third-order valence-corrected chi connectivity index (χ3v) is 5.24. The summed E-state index contributed by atoms with van der Waals surface area (Å²) in [4.78, 5) is 15.0. The maximum absolute atomic E-state index is 13.3. The second kappa shape index (κ2) is 6.67. The third-order valence-electron chi connectivity index (χ3n) is 4.50. The molecule has 5 heteroatoms. The lowest BCUT2D eigenvalue weighted by atomic mass is 10.0. The molecular formula is C21H16Cl2N2O. The number of amides is 1. The molecule has 1 heterocycles. The Morgan fingerprint density at radius 2 is 1.65 bits per heavy atom. The SMILES string of the molecule is Cc1ccc(N2C(=O)c3ccccc3NC2c2ccc(Cl)c(Cl)c2)cc1. The maximum atomic E-state index is 13.3. The zero-order valence-electron chi connectivity index (χ0n) is 14.0. The smallest absolute Gasteiger partial charge is 0.262 e. The van der Waals surface area contributed by atoms with Gasteiger partial charge in [-0.05, 0) is 48.9 Å². The molecule has 1 aliphatic rings. The highest BCUT2D eigenvalue weighted by atomic mass is 35.5. The van der Waals surface area contributed by atoms with Gasteiger partial charge in [-0.25, -0.2) is 0 Å². The van der Waals surface area contributed by atoms with E-state index in [1.54, 1.807) is 17.0 Å². The molecule has 0 spiro atoms. The quantitative estimate of drug-likeness (QED) is 0.582. The van der Waals surface area contributed by atoms with Crippen LogP contribution in [0.15, 0.2) is 66.7 Å². The van der Waals surface area contributed by atoms with Gasteiger partial charge in [-0.2, -0.15) is 0 Å². The van der Waals surface area contributed by atoms with Gasteiger partial charge in [-0.15, -0.1) is 0 Å². The highest BCUT2D eigenvalue weighted by molar-refractivity contribution is 6.42. The van der Waals surface area contributed by atoms with Crippen LogP contribution >= 0.6 is 23.2 Å². The minimum atomic E-state index is -0.380. The molecule has 3 aromatic carbocycles. The van der Waals surface area contributed by atoms with Crippen LogP contribution in [0.5, 0.6) is 0 Å². The number of nitrogens with zero attached hydrogens (tertiary/aromatic N) is 1. The van der Waals surface area contributed by atoms with E-state index in [9.17, 15) is 4.79 Å². The molecule has 0 aromatic heterocycles. The van der Waals surface area contributed by atoms with Crippen LogP contribution in [0.25, 0.3) is 0 Å². The molecule has 3 nitrogen and oxygen atoms in total. The first-order valence-corrected chi connectivity index (χ1v) is 9.01. The molecule has 0 fully saturated rings. The normalized spacial score (nSPS) is 16.2. The lowest BCUT2D eigenvalue weighted by molar-refractivity contribution is 0.0975. The predicted octanol–water partition coefficient (Wildman–Crippen LogP) is 6.07. The van der Waals surface area contributed by atoms with Crippen LogP contribution in [0, 0.1) is 6.92 Å². The van der Waals surface area contributed by atoms with Crippen molar-refractivity contribution in [2.75, 3.05) is 10.2 Å². The summed E-state index contributed by atoms with van der Waals surface area (Å²) in [5.74, 6) is -0.0562. The van der Waals surface area contributed by atoms with Crippen molar-refractivity contribution < 1.29 is 4.79 Å². The van der Waals surface area contributed by atoms with Crippen LogP contribution in [0.4, 0.5) is 11.4 Å². The number of aryl methyl sites for hydroxylation is 1. The Hall–Kier alpha value is -2.49. The van der Waals surface area contributed by atoms with Crippen LogP contribution in [0.1, 0.15) is 27.7 Å². The zero-order chi connectivity index (χ0) is 18.3. The number of para-hydroxylation sites is 1. The van der Waals surface area contributed by atoms with Crippen molar-refractivity contribution in [1.29, 1.82) is 0 Å². The maximum Gasteiger partial charge on any atom is 0.262 e. The molecule has 3 aromatic rings. The molecular weight excluding hydrogens is 367 g/mol. The summed E-state index contributed by atoms with van der Waals surface area (Å²) in [7, 11) is 0. The topological polar surface area (TPSA) is 32.3 Å². The average molecular weight is 383 g/mol. The molecule has 26 heavy (non-hydrogen) atoms. The molecule has 0 saturated carbocycles. The van der Waals surface area contributed by atoms with E-state index in [0.717, 1.165) is 22.5 Å². The molecule has 0 saturated heterocycles. The number of carbonyl (C=O) groups is 1. The van der Waals surface area contributed by atoms with E-state index < -0.39 is 0 Å². The van der Waals surface area contributed by atoms with E-state index in [-0.39, 0.29) is 12.1 Å². The standard InChI is InChI=1S/C21H16Cl2N2O/c1-13-6-9-15(10-7-13)25-20(14-8-11-17(22)18(23)12-14)24-19-5-3-2-4-16(19)21(25)26/h2-12,20,24H,1H3. The molecule has 0 radical (unpaired) electrons. The van der Waals surface area contributed by atoms with Gasteiger partial charge in [0.15, 0.2) is 0 Å². The summed E-state index contributed by atoms with van der Waals surface area (Å²) in [5.41, 5.74) is 4.26. The lowest BCUT2D eigenvalue weighted by Gasteiger charge is -2.38. The van der Waals surface area contributed by atoms with Gasteiger partial charge >= 0.3 is 0 Å². The molecule has 1 unspecified atom stereocenters. The van der Waals surface area contributed by atoms with Crippen molar-refractivity contribution in [2.24, 2.45) is 0 Å². The fraction of sp³-hybridized carbons (Fsp3) is 0.0952. The largest absolute Gasteiger partial charge is 0.360 e. The number of benzene rings is 3. The van der Waals surface area contributed by atoms with Gasteiger partial charge in [-0.3, -0.25) is 9.69 Å². The van der Waals surface area contributed by atoms with Gasteiger partial charge in [0, 0.05) is 11.4 Å². The fourth-order valence-corrected chi connectivity index (χ4v) is 3.45. The minimum Gasteiger partial charge on any atom is -0.360 e. The number of rotatable bonds is 2. The molecule has 1 aliphatic heterocycles. The van der Waals surface area contributed by atoms with Gasteiger partial charge in [0.1, 0.15) is 6.17 Å². The van der Waals surface area contributed by atoms with Crippen LogP contribution in [0.3, 0.4) is 0 Å². The number of halogens is 2. The Morgan fingerprint density at radius 3 is 2.38 bits per heavy atom. The summed E-state index contributed by atoms with van der Waals surface area (Å²) in [6.07, 6.45) is -0.380. The predicted molar refractivity (Wildman–Crippen MR) is 107 cm³/mol. The Labute approximate surface area is 162 Å². The molecule has 4 rings (SSSR count). The molecule has 0 aliphatic carbocycles. The van der Waals surface area contributed by atoms with Crippen LogP contribution in [0.2, 0.25) is 10.0 Å². The first-order chi connectivity index (χ1) is 12.5. The molecule has 130 valence electrons. The summed E-state index contributed by atoms with van der Waals surface area (Å²) in [5, 5.41) is 4.40. The average Bonchev–Trinajstić information content (AvgIpc) is 2.65. The summed E-state index contributed by atoms with van der Waals surface area (Å²) < 4.78 is 0. The number of fused-ring (bicyclic) bond motifs is 1. The first-order valence-electron chi connectivity index (χ1n) is 8.25. The first kappa shape index (κ1) is 17.0. The number of anilines is 2. The van der Waals surface area contributed by atoms with Crippen LogP contribution in [-0.4, -0.2) is 5.91 Å². The van der Waals surface area contributed by atoms with Gasteiger partial charge in [0.25, 0.3) is 5.91 Å². The van der Waals surface area contributed by atoms with Gasteiger partial charge in [0.05, 0.1) is 15.6 Å². The highest BCUT2D eigenvalue weighted by Gasteiger charge is 2.34. The Balaban J connectivity index is 1.86. The summed E-state index contributed by atoms with van der Waals surface area (Å²) >= 11 is 12.3. The van der Waals surface area contributed by atoms with Gasteiger partial charge in [-0.1, -0.05) is 59.1 Å². The number of carbonyl (C=O) groups excluding carboxylic acids is 1. The lowest BCUT2D eigenvalue weighted by Crippen LogP contribution is -2.43.